The molecule has 0 amide bonds. The number of hydrogen-bond acceptors (Lipinski definition) is 2. The largest absolute Gasteiger partial charge is 0.215 e. The van der Waals surface area contributed by atoms with Gasteiger partial charge in [0.15, 0.2) is 5.65 Å². The van der Waals surface area contributed by atoms with Gasteiger partial charge in [-0.2, -0.15) is 5.10 Å². The van der Waals surface area contributed by atoms with E-state index in [0.717, 1.165) is 22.6 Å². The fourth-order valence-corrected chi connectivity index (χ4v) is 2.10. The summed E-state index contributed by atoms with van der Waals surface area (Å²) in [5.41, 5.74) is 2.22. The Kier molecular flexibility index (Phi) is 3.05. The zero-order valence-electron chi connectivity index (χ0n) is 8.94. The molecule has 0 aliphatic rings. The summed E-state index contributed by atoms with van der Waals surface area (Å²) in [5.74, 6) is 0.734. The van der Waals surface area contributed by atoms with Gasteiger partial charge in [0.05, 0.1) is 0 Å². The predicted octanol–water partition coefficient (Wildman–Crippen LogP) is 3.08. The van der Waals surface area contributed by atoms with Crippen molar-refractivity contribution < 1.29 is 0 Å². The predicted molar refractivity (Wildman–Crippen MR) is 63.8 cm³/mol. The first-order valence-electron chi connectivity index (χ1n) is 5.15. The molecular weight excluding hydrogens is 254 g/mol. The molecule has 0 spiro atoms. The molecule has 0 N–H and O–H groups in total. The minimum atomic E-state index is 0.734. The highest BCUT2D eigenvalue weighted by molar-refractivity contribution is 9.10. The maximum absolute atomic E-state index is 4.19. The van der Waals surface area contributed by atoms with Gasteiger partial charge in [-0.05, 0) is 52.4 Å². The third-order valence-corrected chi connectivity index (χ3v) is 2.97. The number of nitrogens with zero attached hydrogens (tertiary/aromatic N) is 3. The minimum Gasteiger partial charge on any atom is -0.215 e. The van der Waals surface area contributed by atoms with Crippen LogP contribution in [0.15, 0.2) is 23.1 Å². The summed E-state index contributed by atoms with van der Waals surface area (Å²) in [6.07, 6.45) is 3.88. The second kappa shape index (κ2) is 4.31. The van der Waals surface area contributed by atoms with Crippen LogP contribution in [0.5, 0.6) is 0 Å². The highest BCUT2D eigenvalue weighted by atomic mass is 79.9. The molecule has 15 heavy (non-hydrogen) atoms. The smallest absolute Gasteiger partial charge is 0.156 e. The van der Waals surface area contributed by atoms with Crippen molar-refractivity contribution in [1.82, 2.24) is 14.6 Å². The van der Waals surface area contributed by atoms with Crippen LogP contribution >= 0.6 is 15.9 Å². The number of aromatic nitrogens is 3. The zero-order valence-corrected chi connectivity index (χ0v) is 10.5. The van der Waals surface area contributed by atoms with Crippen molar-refractivity contribution in [2.24, 2.45) is 5.92 Å². The first-order chi connectivity index (χ1) is 7.16. The molecule has 0 aromatic carbocycles. The second-order valence-electron chi connectivity index (χ2n) is 4.15. The van der Waals surface area contributed by atoms with Crippen molar-refractivity contribution in [1.29, 1.82) is 0 Å². The molecule has 80 valence electrons. The fourth-order valence-electron chi connectivity index (χ4n) is 1.53. The lowest BCUT2D eigenvalue weighted by Crippen LogP contribution is -1.96. The van der Waals surface area contributed by atoms with Crippen LogP contribution in [0.3, 0.4) is 0 Å². The number of aryl methyl sites for hydroxylation is 1. The Balaban J connectivity index is 2.28. The van der Waals surface area contributed by atoms with Gasteiger partial charge in [-0.25, -0.2) is 9.50 Å². The first-order valence-corrected chi connectivity index (χ1v) is 5.94. The van der Waals surface area contributed by atoms with E-state index in [4.69, 9.17) is 0 Å². The molecule has 4 heteroatoms. The van der Waals surface area contributed by atoms with Gasteiger partial charge in [0.2, 0.25) is 0 Å². The van der Waals surface area contributed by atoms with Crippen molar-refractivity contribution in [3.05, 3.63) is 28.6 Å². The Morgan fingerprint density at radius 1 is 1.40 bits per heavy atom. The first kappa shape index (κ1) is 10.6. The van der Waals surface area contributed by atoms with Crippen LogP contribution in [0.25, 0.3) is 5.65 Å². The van der Waals surface area contributed by atoms with Gasteiger partial charge in [-0.1, -0.05) is 13.8 Å². The molecule has 0 atom stereocenters. The van der Waals surface area contributed by atoms with Gasteiger partial charge in [0.25, 0.3) is 0 Å². The molecule has 2 heterocycles. The molecule has 2 aromatic rings. The molecule has 0 unspecified atom stereocenters. The van der Waals surface area contributed by atoms with Crippen LogP contribution < -0.4 is 0 Å². The Morgan fingerprint density at radius 2 is 2.20 bits per heavy atom. The number of fused-ring (bicyclic) bond motifs is 1. The van der Waals surface area contributed by atoms with Crippen molar-refractivity contribution in [3.63, 3.8) is 0 Å². The van der Waals surface area contributed by atoms with Crippen LogP contribution in [0.2, 0.25) is 0 Å². The summed E-state index contributed by atoms with van der Waals surface area (Å²) in [7, 11) is 0. The van der Waals surface area contributed by atoms with E-state index in [1.807, 2.05) is 0 Å². The standard InChI is InChI=1S/C11H14BrN3/c1-8(2)3-4-9-5-10(12)15-11(6-9)13-7-14-15/h5-8H,3-4H2,1-2H3. The lowest BCUT2D eigenvalue weighted by Gasteiger charge is -2.05. The molecule has 0 bridgehead atoms. The zero-order chi connectivity index (χ0) is 10.8. The summed E-state index contributed by atoms with van der Waals surface area (Å²) in [4.78, 5) is 4.19. The molecule has 0 aliphatic heterocycles. The van der Waals surface area contributed by atoms with E-state index < -0.39 is 0 Å². The quantitative estimate of drug-likeness (QED) is 0.801. The van der Waals surface area contributed by atoms with Crippen LogP contribution in [-0.2, 0) is 6.42 Å². The number of hydrogen-bond donors (Lipinski definition) is 0. The second-order valence-corrected chi connectivity index (χ2v) is 4.96. The van der Waals surface area contributed by atoms with Gasteiger partial charge < -0.3 is 0 Å². The maximum atomic E-state index is 4.19. The molecule has 0 aliphatic carbocycles. The molecule has 3 nitrogen and oxygen atoms in total. The maximum Gasteiger partial charge on any atom is 0.156 e. The molecular formula is C11H14BrN3. The highest BCUT2D eigenvalue weighted by Gasteiger charge is 2.04. The topological polar surface area (TPSA) is 30.2 Å². The number of rotatable bonds is 3. The van der Waals surface area contributed by atoms with E-state index in [1.165, 1.54) is 12.0 Å². The van der Waals surface area contributed by atoms with Crippen LogP contribution in [0.4, 0.5) is 0 Å². The van der Waals surface area contributed by atoms with E-state index in [2.05, 4.69) is 52.0 Å². The number of halogens is 1. The van der Waals surface area contributed by atoms with Crippen molar-refractivity contribution in [3.8, 4) is 0 Å². The molecule has 0 radical (unpaired) electrons. The Labute approximate surface area is 97.6 Å². The Morgan fingerprint density at radius 3 is 2.93 bits per heavy atom. The van der Waals surface area contributed by atoms with Crippen LogP contribution in [0.1, 0.15) is 25.8 Å². The van der Waals surface area contributed by atoms with Crippen molar-refractivity contribution in [2.45, 2.75) is 26.7 Å². The highest BCUT2D eigenvalue weighted by Crippen LogP contribution is 2.17. The fraction of sp³-hybridized carbons (Fsp3) is 0.455. The third-order valence-electron chi connectivity index (χ3n) is 2.41. The van der Waals surface area contributed by atoms with E-state index in [9.17, 15) is 0 Å². The molecule has 2 aromatic heterocycles. The lowest BCUT2D eigenvalue weighted by atomic mass is 10.0. The van der Waals surface area contributed by atoms with E-state index in [-0.39, 0.29) is 0 Å². The van der Waals surface area contributed by atoms with E-state index in [1.54, 1.807) is 10.8 Å². The van der Waals surface area contributed by atoms with E-state index >= 15 is 0 Å². The van der Waals surface area contributed by atoms with Gasteiger partial charge >= 0.3 is 0 Å². The van der Waals surface area contributed by atoms with Gasteiger partial charge in [0, 0.05) is 0 Å². The van der Waals surface area contributed by atoms with Gasteiger partial charge in [0.1, 0.15) is 10.9 Å². The summed E-state index contributed by atoms with van der Waals surface area (Å²) < 4.78 is 2.76. The minimum absolute atomic E-state index is 0.734. The van der Waals surface area contributed by atoms with Gasteiger partial charge in [-0.3, -0.25) is 0 Å². The number of pyridine rings is 1. The summed E-state index contributed by atoms with van der Waals surface area (Å²) in [6, 6.07) is 4.21. The van der Waals surface area contributed by atoms with Crippen molar-refractivity contribution in [2.75, 3.05) is 0 Å². The molecule has 0 saturated carbocycles. The lowest BCUT2D eigenvalue weighted by molar-refractivity contribution is 0.586. The summed E-state index contributed by atoms with van der Waals surface area (Å²) >= 11 is 3.49. The molecule has 0 fully saturated rings. The molecule has 2 rings (SSSR count). The normalized spacial score (nSPS) is 11.5. The summed E-state index contributed by atoms with van der Waals surface area (Å²) in [5, 5.41) is 4.11. The summed E-state index contributed by atoms with van der Waals surface area (Å²) in [6.45, 7) is 4.48. The average molecular weight is 268 g/mol. The van der Waals surface area contributed by atoms with Crippen LogP contribution in [-0.4, -0.2) is 14.6 Å². The van der Waals surface area contributed by atoms with Crippen molar-refractivity contribution >= 4 is 21.6 Å². The molecule has 0 saturated heterocycles. The monoisotopic (exact) mass is 267 g/mol. The third kappa shape index (κ3) is 2.37. The van der Waals surface area contributed by atoms with Gasteiger partial charge in [-0.15, -0.1) is 0 Å². The SMILES string of the molecule is CC(C)CCc1cc(Br)n2ncnc2c1. The van der Waals surface area contributed by atoms with E-state index in [0.29, 0.717) is 0 Å². The Hall–Kier alpha value is -0.900. The Bertz CT molecular complexity index is 462. The average Bonchev–Trinajstić information content (AvgIpc) is 2.63. The van der Waals surface area contributed by atoms with Crippen LogP contribution in [0, 0.1) is 5.92 Å².